The van der Waals surface area contributed by atoms with Crippen LogP contribution in [-0.4, -0.2) is 21.0 Å². The average molecular weight is 294 g/mol. The molecule has 8 heteroatoms. The normalized spacial score (nSPS) is 10.1. The first-order valence-corrected chi connectivity index (χ1v) is 5.75. The van der Waals surface area contributed by atoms with Gasteiger partial charge in [0.25, 0.3) is 0 Å². The number of anilines is 2. The van der Waals surface area contributed by atoms with Gasteiger partial charge < -0.3 is 20.5 Å². The number of aromatic nitrogens is 1. The highest BCUT2D eigenvalue weighted by atomic mass is 35.5. The van der Waals surface area contributed by atoms with Crippen molar-refractivity contribution in [2.45, 2.75) is 0 Å². The molecule has 0 spiro atoms. The summed E-state index contributed by atoms with van der Waals surface area (Å²) in [5.74, 6) is -1.37. The van der Waals surface area contributed by atoms with Gasteiger partial charge in [0, 0.05) is 11.8 Å². The van der Waals surface area contributed by atoms with E-state index >= 15 is 0 Å². The first-order valence-electron chi connectivity index (χ1n) is 5.37. The van der Waals surface area contributed by atoms with Crippen molar-refractivity contribution in [3.8, 4) is 0 Å². The Hall–Kier alpha value is -2.67. The molecule has 20 heavy (non-hydrogen) atoms. The van der Waals surface area contributed by atoms with E-state index in [2.05, 4.69) is 10.3 Å². The number of nitrogens with zero attached hydrogens (tertiary/aromatic N) is 2. The van der Waals surface area contributed by atoms with Gasteiger partial charge in [0.1, 0.15) is 0 Å². The second kappa shape index (κ2) is 5.54. The maximum atomic E-state index is 10.8. The average Bonchev–Trinajstić information content (AvgIpc) is 2.39. The maximum Gasteiger partial charge on any atom is 0.363 e. The van der Waals surface area contributed by atoms with E-state index in [1.165, 1.54) is 36.5 Å². The van der Waals surface area contributed by atoms with Crippen LogP contribution in [-0.2, 0) is 0 Å². The molecular weight excluding hydrogens is 286 g/mol. The summed E-state index contributed by atoms with van der Waals surface area (Å²) in [6, 6.07) is 7.11. The third kappa shape index (κ3) is 3.01. The SMILES string of the molecule is O=C(O)c1ccc(Nc2ccc([N+](=O)[O-])nc2)cc1Cl. The molecule has 2 N–H and O–H groups in total. The molecular formula is C12H8ClN3O4. The lowest BCUT2D eigenvalue weighted by Gasteiger charge is -2.06. The van der Waals surface area contributed by atoms with E-state index in [9.17, 15) is 14.9 Å². The van der Waals surface area contributed by atoms with Gasteiger partial charge in [-0.3, -0.25) is 0 Å². The molecule has 0 amide bonds. The smallest absolute Gasteiger partial charge is 0.363 e. The van der Waals surface area contributed by atoms with Crippen LogP contribution in [0.15, 0.2) is 36.5 Å². The van der Waals surface area contributed by atoms with E-state index in [0.29, 0.717) is 11.4 Å². The van der Waals surface area contributed by atoms with Crippen molar-refractivity contribution in [3.05, 3.63) is 57.2 Å². The predicted octanol–water partition coefficient (Wildman–Crippen LogP) is 3.09. The van der Waals surface area contributed by atoms with Crippen LogP contribution in [0.2, 0.25) is 5.02 Å². The summed E-state index contributed by atoms with van der Waals surface area (Å²) < 4.78 is 0. The molecule has 0 saturated heterocycles. The van der Waals surface area contributed by atoms with Gasteiger partial charge in [-0.1, -0.05) is 11.6 Å². The van der Waals surface area contributed by atoms with Gasteiger partial charge in [0.2, 0.25) is 0 Å². The van der Waals surface area contributed by atoms with Crippen molar-refractivity contribution in [2.24, 2.45) is 0 Å². The number of rotatable bonds is 4. The van der Waals surface area contributed by atoms with E-state index < -0.39 is 10.9 Å². The molecule has 0 atom stereocenters. The lowest BCUT2D eigenvalue weighted by Crippen LogP contribution is -1.99. The van der Waals surface area contributed by atoms with Crippen LogP contribution in [0.1, 0.15) is 10.4 Å². The van der Waals surface area contributed by atoms with Crippen LogP contribution in [0, 0.1) is 10.1 Å². The standard InChI is InChI=1S/C12H8ClN3O4/c13-10-5-7(1-3-9(10)12(17)18)15-8-2-4-11(14-6-8)16(19)20/h1-6,15H,(H,17,18). The van der Waals surface area contributed by atoms with Crippen LogP contribution in [0.5, 0.6) is 0 Å². The monoisotopic (exact) mass is 293 g/mol. The number of carboxylic acid groups (broad SMARTS) is 1. The first kappa shape index (κ1) is 13.8. The Bertz CT molecular complexity index is 673. The van der Waals surface area contributed by atoms with Gasteiger partial charge in [0.05, 0.1) is 16.3 Å². The number of hydrogen-bond donors (Lipinski definition) is 2. The van der Waals surface area contributed by atoms with Gasteiger partial charge in [-0.05, 0) is 34.2 Å². The maximum absolute atomic E-state index is 10.8. The summed E-state index contributed by atoms with van der Waals surface area (Å²) in [4.78, 5) is 24.3. The fourth-order valence-corrected chi connectivity index (χ4v) is 1.76. The zero-order valence-electron chi connectivity index (χ0n) is 9.91. The van der Waals surface area contributed by atoms with Crippen molar-refractivity contribution in [1.82, 2.24) is 4.98 Å². The van der Waals surface area contributed by atoms with Crippen LogP contribution in [0.25, 0.3) is 0 Å². The zero-order valence-corrected chi connectivity index (χ0v) is 10.7. The van der Waals surface area contributed by atoms with E-state index in [1.807, 2.05) is 0 Å². The molecule has 0 saturated carbocycles. The molecule has 0 bridgehead atoms. The second-order valence-corrected chi connectivity index (χ2v) is 4.19. The minimum absolute atomic E-state index is 0.000888. The molecule has 1 heterocycles. The Balaban J connectivity index is 2.19. The highest BCUT2D eigenvalue weighted by Gasteiger charge is 2.10. The number of carboxylic acids is 1. The molecule has 102 valence electrons. The van der Waals surface area contributed by atoms with Crippen LogP contribution < -0.4 is 5.32 Å². The lowest BCUT2D eigenvalue weighted by molar-refractivity contribution is -0.389. The number of carbonyl (C=O) groups is 1. The molecule has 7 nitrogen and oxygen atoms in total. The van der Waals surface area contributed by atoms with Crippen molar-refractivity contribution in [2.75, 3.05) is 5.32 Å². The molecule has 0 fully saturated rings. The number of nitrogens with one attached hydrogen (secondary N) is 1. The van der Waals surface area contributed by atoms with Gasteiger partial charge in [-0.2, -0.15) is 0 Å². The van der Waals surface area contributed by atoms with E-state index in [-0.39, 0.29) is 16.4 Å². The first-order chi connectivity index (χ1) is 9.47. The predicted molar refractivity (Wildman–Crippen MR) is 72.6 cm³/mol. The Morgan fingerprint density at radius 2 is 2.00 bits per heavy atom. The molecule has 0 radical (unpaired) electrons. The quantitative estimate of drug-likeness (QED) is 0.663. The summed E-state index contributed by atoms with van der Waals surface area (Å²) in [5, 5.41) is 22.3. The largest absolute Gasteiger partial charge is 0.478 e. The minimum Gasteiger partial charge on any atom is -0.478 e. The van der Waals surface area contributed by atoms with Crippen LogP contribution >= 0.6 is 11.6 Å². The number of pyridine rings is 1. The molecule has 2 aromatic rings. The van der Waals surface area contributed by atoms with Crippen molar-refractivity contribution in [1.29, 1.82) is 0 Å². The van der Waals surface area contributed by atoms with Crippen molar-refractivity contribution >= 4 is 34.8 Å². The fourth-order valence-electron chi connectivity index (χ4n) is 1.50. The summed E-state index contributed by atoms with van der Waals surface area (Å²) in [6.07, 6.45) is 1.30. The van der Waals surface area contributed by atoms with Crippen LogP contribution in [0.4, 0.5) is 17.2 Å². The number of aromatic carboxylic acids is 1. The molecule has 0 aliphatic rings. The Morgan fingerprint density at radius 3 is 2.50 bits per heavy atom. The topological polar surface area (TPSA) is 105 Å². The summed E-state index contributed by atoms with van der Waals surface area (Å²) in [7, 11) is 0. The third-order valence-electron chi connectivity index (χ3n) is 2.42. The molecule has 0 unspecified atom stereocenters. The number of nitro groups is 1. The van der Waals surface area contributed by atoms with Gasteiger partial charge in [0.15, 0.2) is 6.20 Å². The zero-order chi connectivity index (χ0) is 14.7. The number of hydrogen-bond acceptors (Lipinski definition) is 5. The number of halogens is 1. The summed E-state index contributed by atoms with van der Waals surface area (Å²) in [5.41, 5.74) is 1.07. The Morgan fingerprint density at radius 1 is 1.30 bits per heavy atom. The number of benzene rings is 1. The molecule has 0 aliphatic heterocycles. The van der Waals surface area contributed by atoms with E-state index in [4.69, 9.17) is 16.7 Å². The molecule has 0 aliphatic carbocycles. The van der Waals surface area contributed by atoms with E-state index in [1.54, 1.807) is 0 Å². The Labute approximate surface area is 118 Å². The van der Waals surface area contributed by atoms with E-state index in [0.717, 1.165) is 0 Å². The molecule has 1 aromatic carbocycles. The third-order valence-corrected chi connectivity index (χ3v) is 2.74. The highest BCUT2D eigenvalue weighted by Crippen LogP contribution is 2.24. The van der Waals surface area contributed by atoms with Gasteiger partial charge in [-0.25, -0.2) is 4.79 Å². The van der Waals surface area contributed by atoms with Gasteiger partial charge >= 0.3 is 11.8 Å². The van der Waals surface area contributed by atoms with Gasteiger partial charge in [-0.15, -0.1) is 0 Å². The second-order valence-electron chi connectivity index (χ2n) is 3.79. The van der Waals surface area contributed by atoms with Crippen molar-refractivity contribution < 1.29 is 14.8 Å². The summed E-state index contributed by atoms with van der Waals surface area (Å²) >= 11 is 5.83. The minimum atomic E-state index is -1.11. The lowest BCUT2D eigenvalue weighted by atomic mass is 10.2. The highest BCUT2D eigenvalue weighted by molar-refractivity contribution is 6.33. The molecule has 2 rings (SSSR count). The summed E-state index contributed by atoms with van der Waals surface area (Å²) in [6.45, 7) is 0. The molecule has 1 aromatic heterocycles. The Kier molecular flexibility index (Phi) is 3.81. The fraction of sp³-hybridized carbons (Fsp3) is 0. The van der Waals surface area contributed by atoms with Crippen LogP contribution in [0.3, 0.4) is 0 Å². The van der Waals surface area contributed by atoms with Crippen molar-refractivity contribution in [3.63, 3.8) is 0 Å².